The molecular weight excluding hydrogens is 613 g/mol. The molecule has 5 heteroatoms. The van der Waals surface area contributed by atoms with Gasteiger partial charge in [0, 0.05) is 27.5 Å². The van der Waals surface area contributed by atoms with E-state index < -0.39 is 0 Å². The van der Waals surface area contributed by atoms with Crippen LogP contribution in [0.5, 0.6) is 0 Å². The van der Waals surface area contributed by atoms with E-state index in [1.54, 1.807) is 6.07 Å². The van der Waals surface area contributed by atoms with Gasteiger partial charge in [0.15, 0.2) is 17.5 Å². The molecule has 50 heavy (non-hydrogen) atoms. The summed E-state index contributed by atoms with van der Waals surface area (Å²) in [5, 5.41) is 11.4. The van der Waals surface area contributed by atoms with Crippen molar-refractivity contribution < 1.29 is 4.42 Å². The third-order valence-corrected chi connectivity index (χ3v) is 11.1. The fourth-order valence-corrected chi connectivity index (χ4v) is 9.25. The predicted octanol–water partition coefficient (Wildman–Crippen LogP) is 11.4. The third kappa shape index (κ3) is 5.46. The van der Waals surface area contributed by atoms with Gasteiger partial charge in [-0.15, -0.1) is 0 Å². The molecule has 2 saturated carbocycles. The van der Waals surface area contributed by atoms with Crippen molar-refractivity contribution in [1.29, 1.82) is 5.26 Å². The van der Waals surface area contributed by atoms with Gasteiger partial charge in [0.25, 0.3) is 0 Å². The summed E-state index contributed by atoms with van der Waals surface area (Å²) >= 11 is 0. The summed E-state index contributed by atoms with van der Waals surface area (Å²) in [7, 11) is 0. The van der Waals surface area contributed by atoms with Gasteiger partial charge in [-0.2, -0.15) is 5.26 Å². The molecule has 0 spiro atoms. The summed E-state index contributed by atoms with van der Waals surface area (Å²) in [5.41, 5.74) is 8.90. The Morgan fingerprint density at radius 2 is 1.14 bits per heavy atom. The van der Waals surface area contributed by atoms with Crippen molar-refractivity contribution in [2.24, 2.45) is 17.8 Å². The Morgan fingerprint density at radius 3 is 1.84 bits per heavy atom. The summed E-state index contributed by atoms with van der Waals surface area (Å²) in [4.78, 5) is 15.1. The number of nitrogens with zero attached hydrogens (tertiary/aromatic N) is 4. The number of aromatic nitrogens is 3. The van der Waals surface area contributed by atoms with Crippen molar-refractivity contribution in [3.05, 3.63) is 126 Å². The van der Waals surface area contributed by atoms with Gasteiger partial charge < -0.3 is 4.42 Å². The largest absolute Gasteiger partial charge is 0.456 e. The fraction of sp³-hybridized carbons (Fsp3) is 0.244. The topological polar surface area (TPSA) is 75.6 Å². The van der Waals surface area contributed by atoms with Gasteiger partial charge in [0.05, 0.1) is 11.6 Å². The minimum Gasteiger partial charge on any atom is -0.456 e. The average Bonchev–Trinajstić information content (AvgIpc) is 3.51. The van der Waals surface area contributed by atoms with E-state index in [4.69, 9.17) is 19.4 Å². The molecule has 0 aliphatic heterocycles. The first-order valence-electron chi connectivity index (χ1n) is 17.8. The SMILES string of the molecule is C[C@@H]1CC2C[C@H](C)CC(c3ccc(-c4nc(-c5ccccc5)nc(-c5cccc(-c6ccc7oc8ccc(C#N)cc8c7c6)c5)n4)cc3)(C2)C1. The first-order valence-corrected chi connectivity index (χ1v) is 17.8. The van der Waals surface area contributed by atoms with Crippen LogP contribution >= 0.6 is 0 Å². The van der Waals surface area contributed by atoms with E-state index in [1.165, 1.54) is 37.7 Å². The number of fused-ring (bicyclic) bond motifs is 5. The summed E-state index contributed by atoms with van der Waals surface area (Å²) in [6, 6.07) is 41.7. The molecule has 0 N–H and O–H groups in total. The van der Waals surface area contributed by atoms with Gasteiger partial charge in [-0.3, -0.25) is 0 Å². The lowest BCUT2D eigenvalue weighted by Crippen LogP contribution is -2.42. The molecule has 2 fully saturated rings. The van der Waals surface area contributed by atoms with Gasteiger partial charge in [-0.25, -0.2) is 15.0 Å². The highest BCUT2D eigenvalue weighted by atomic mass is 16.3. The van der Waals surface area contributed by atoms with E-state index in [0.29, 0.717) is 23.0 Å². The highest BCUT2D eigenvalue weighted by molar-refractivity contribution is 6.06. The maximum atomic E-state index is 9.48. The van der Waals surface area contributed by atoms with E-state index in [0.717, 1.165) is 67.5 Å². The summed E-state index contributed by atoms with van der Waals surface area (Å²) in [6.07, 6.45) is 6.62. The van der Waals surface area contributed by atoms with Gasteiger partial charge in [0.1, 0.15) is 11.2 Å². The molecule has 2 unspecified atom stereocenters. The van der Waals surface area contributed by atoms with Crippen LogP contribution in [-0.2, 0) is 5.41 Å². The Labute approximate surface area is 292 Å². The second kappa shape index (κ2) is 12.1. The average molecular weight is 651 g/mol. The Hall–Kier alpha value is -5.60. The van der Waals surface area contributed by atoms with E-state index in [1.807, 2.05) is 36.4 Å². The van der Waals surface area contributed by atoms with Gasteiger partial charge >= 0.3 is 0 Å². The Bertz CT molecular complexity index is 2400. The molecule has 0 saturated heterocycles. The highest BCUT2D eigenvalue weighted by Gasteiger charge is 2.45. The minimum atomic E-state index is 0.280. The Balaban J connectivity index is 1.11. The van der Waals surface area contributed by atoms with E-state index in [9.17, 15) is 5.26 Å². The number of rotatable bonds is 5. The zero-order valence-corrected chi connectivity index (χ0v) is 28.4. The molecule has 2 aromatic heterocycles. The van der Waals surface area contributed by atoms with Crippen LogP contribution in [0.3, 0.4) is 0 Å². The molecule has 2 aliphatic carbocycles. The maximum Gasteiger partial charge on any atom is 0.164 e. The molecule has 9 rings (SSSR count). The second-order valence-electron chi connectivity index (χ2n) is 14.9. The monoisotopic (exact) mass is 650 g/mol. The van der Waals surface area contributed by atoms with Crippen molar-refractivity contribution in [1.82, 2.24) is 15.0 Å². The molecule has 2 heterocycles. The molecular formula is C45H38N4O. The zero-order chi connectivity index (χ0) is 33.8. The normalized spacial score (nSPS) is 21.7. The molecule has 0 radical (unpaired) electrons. The van der Waals surface area contributed by atoms with Crippen LogP contribution in [0.15, 0.2) is 120 Å². The van der Waals surface area contributed by atoms with Gasteiger partial charge in [0.2, 0.25) is 0 Å². The van der Waals surface area contributed by atoms with Crippen LogP contribution < -0.4 is 0 Å². The third-order valence-electron chi connectivity index (χ3n) is 11.1. The number of nitriles is 1. The second-order valence-corrected chi connectivity index (χ2v) is 14.9. The van der Waals surface area contributed by atoms with Crippen molar-refractivity contribution in [3.63, 3.8) is 0 Å². The van der Waals surface area contributed by atoms with Crippen molar-refractivity contribution in [3.8, 4) is 51.4 Å². The molecule has 4 atom stereocenters. The van der Waals surface area contributed by atoms with E-state index >= 15 is 0 Å². The molecule has 5 aromatic carbocycles. The van der Waals surface area contributed by atoms with Crippen LogP contribution in [0.25, 0.3) is 67.2 Å². The molecule has 5 nitrogen and oxygen atoms in total. The molecule has 244 valence electrons. The lowest BCUT2D eigenvalue weighted by molar-refractivity contribution is 0.0780. The molecule has 0 amide bonds. The molecule has 7 aromatic rings. The van der Waals surface area contributed by atoms with Crippen LogP contribution in [0, 0.1) is 29.1 Å². The number of furan rings is 1. The Kier molecular flexibility index (Phi) is 7.35. The first-order chi connectivity index (χ1) is 24.4. The summed E-state index contributed by atoms with van der Waals surface area (Å²) in [5.74, 6) is 4.35. The zero-order valence-electron chi connectivity index (χ0n) is 28.4. The number of benzene rings is 5. The number of hydrogen-bond donors (Lipinski definition) is 0. The van der Waals surface area contributed by atoms with E-state index in [2.05, 4.69) is 92.7 Å². The van der Waals surface area contributed by atoms with Crippen LogP contribution in [0.4, 0.5) is 0 Å². The Morgan fingerprint density at radius 1 is 0.580 bits per heavy atom. The van der Waals surface area contributed by atoms with Crippen molar-refractivity contribution in [2.45, 2.75) is 51.4 Å². The van der Waals surface area contributed by atoms with Crippen LogP contribution in [0.2, 0.25) is 0 Å². The van der Waals surface area contributed by atoms with Crippen LogP contribution in [0.1, 0.15) is 57.1 Å². The standard InChI is InChI=1S/C45H38N4O/c1-28-19-31-20-29(2)25-45(24-28,26-31)37-15-12-33(13-16-37)43-47-42(32-7-4-3-5-8-32)48-44(49-43)36-10-6-9-34(22-36)35-14-18-41-39(23-35)38-21-30(27-46)11-17-40(38)50-41/h3-18,21-23,28-29,31H,19-20,24-26H2,1-2H3/t28-,29+,31?,45?. The van der Waals surface area contributed by atoms with Gasteiger partial charge in [-0.1, -0.05) is 92.7 Å². The molecule has 2 aliphatic rings. The lowest BCUT2D eigenvalue weighted by atomic mass is 9.54. The quantitative estimate of drug-likeness (QED) is 0.185. The fourth-order valence-electron chi connectivity index (χ4n) is 9.25. The van der Waals surface area contributed by atoms with Crippen molar-refractivity contribution >= 4 is 21.9 Å². The van der Waals surface area contributed by atoms with E-state index in [-0.39, 0.29) is 5.41 Å². The van der Waals surface area contributed by atoms with Gasteiger partial charge in [-0.05, 0) is 108 Å². The lowest BCUT2D eigenvalue weighted by Gasteiger charge is -2.50. The smallest absolute Gasteiger partial charge is 0.164 e. The van der Waals surface area contributed by atoms with Crippen LogP contribution in [-0.4, -0.2) is 15.0 Å². The highest BCUT2D eigenvalue weighted by Crippen LogP contribution is 2.54. The first kappa shape index (κ1) is 30.5. The number of hydrogen-bond acceptors (Lipinski definition) is 5. The minimum absolute atomic E-state index is 0.280. The summed E-state index contributed by atoms with van der Waals surface area (Å²) < 4.78 is 6.08. The maximum absolute atomic E-state index is 9.48. The summed E-state index contributed by atoms with van der Waals surface area (Å²) in [6.45, 7) is 4.89. The molecule has 2 bridgehead atoms. The van der Waals surface area contributed by atoms with Crippen molar-refractivity contribution in [2.75, 3.05) is 0 Å². The predicted molar refractivity (Wildman–Crippen MR) is 200 cm³/mol.